The minimum atomic E-state index is -4.55. The molecule has 72 valence electrons. The average Bonchev–Trinajstić information content (AvgIpc) is 2.03. The third kappa shape index (κ3) is 2.34. The van der Waals surface area contributed by atoms with Gasteiger partial charge >= 0.3 is 6.18 Å². The molecule has 0 amide bonds. The molecule has 0 saturated carbocycles. The summed E-state index contributed by atoms with van der Waals surface area (Å²) in [5.41, 5.74) is -1.40. The summed E-state index contributed by atoms with van der Waals surface area (Å²) in [6.45, 7) is -1.15. The number of alkyl halides is 4. The predicted molar refractivity (Wildman–Crippen MR) is 41.3 cm³/mol. The highest BCUT2D eigenvalue weighted by Gasteiger charge is 2.33. The fourth-order valence-electron chi connectivity index (χ4n) is 0.929. The molecule has 0 heterocycles. The van der Waals surface area contributed by atoms with Crippen LogP contribution in [0.4, 0.5) is 17.6 Å². The SMILES string of the molecule is FCc1ccc(Cl)cc1C(F)(F)F. The van der Waals surface area contributed by atoms with E-state index in [-0.39, 0.29) is 5.02 Å². The molecular weight excluding hydrogens is 208 g/mol. The summed E-state index contributed by atoms with van der Waals surface area (Å²) in [7, 11) is 0. The molecule has 0 radical (unpaired) electrons. The Morgan fingerprint density at radius 2 is 1.85 bits per heavy atom. The first-order valence-electron chi connectivity index (χ1n) is 3.36. The molecule has 0 aliphatic rings. The van der Waals surface area contributed by atoms with Crippen LogP contribution in [0.25, 0.3) is 0 Å². The first-order chi connectivity index (χ1) is 5.95. The maximum Gasteiger partial charge on any atom is 0.416 e. The highest BCUT2D eigenvalue weighted by molar-refractivity contribution is 6.30. The number of hydrogen-bond acceptors (Lipinski definition) is 0. The van der Waals surface area contributed by atoms with E-state index >= 15 is 0 Å². The van der Waals surface area contributed by atoms with E-state index in [1.165, 1.54) is 6.07 Å². The maximum atomic E-state index is 12.2. The number of benzene rings is 1. The molecule has 0 fully saturated rings. The molecule has 0 aliphatic carbocycles. The van der Waals surface area contributed by atoms with Crippen LogP contribution >= 0.6 is 11.6 Å². The van der Waals surface area contributed by atoms with Crippen LogP contribution in [-0.2, 0) is 12.9 Å². The highest BCUT2D eigenvalue weighted by atomic mass is 35.5. The lowest BCUT2D eigenvalue weighted by atomic mass is 10.1. The predicted octanol–water partition coefficient (Wildman–Crippen LogP) is 3.83. The van der Waals surface area contributed by atoms with Crippen molar-refractivity contribution < 1.29 is 17.6 Å². The quantitative estimate of drug-likeness (QED) is 0.621. The topological polar surface area (TPSA) is 0 Å². The van der Waals surface area contributed by atoms with Gasteiger partial charge in [0.15, 0.2) is 0 Å². The largest absolute Gasteiger partial charge is 0.416 e. The molecule has 0 unspecified atom stereocenters. The second-order valence-corrected chi connectivity index (χ2v) is 2.87. The first kappa shape index (κ1) is 10.3. The molecule has 0 aliphatic heterocycles. The zero-order chi connectivity index (χ0) is 10.1. The molecule has 0 N–H and O–H groups in total. The van der Waals surface area contributed by atoms with Gasteiger partial charge in [-0.15, -0.1) is 0 Å². The van der Waals surface area contributed by atoms with Crippen LogP contribution < -0.4 is 0 Å². The van der Waals surface area contributed by atoms with Crippen molar-refractivity contribution >= 4 is 11.6 Å². The Hall–Kier alpha value is -0.770. The minimum absolute atomic E-state index is 0.0514. The molecule has 0 aromatic heterocycles. The van der Waals surface area contributed by atoms with Crippen LogP contribution in [0.15, 0.2) is 18.2 Å². The summed E-state index contributed by atoms with van der Waals surface area (Å²) < 4.78 is 48.7. The van der Waals surface area contributed by atoms with E-state index in [9.17, 15) is 17.6 Å². The van der Waals surface area contributed by atoms with Gasteiger partial charge < -0.3 is 0 Å². The second-order valence-electron chi connectivity index (χ2n) is 2.43. The van der Waals surface area contributed by atoms with E-state index in [0.29, 0.717) is 0 Å². The number of rotatable bonds is 1. The van der Waals surface area contributed by atoms with E-state index in [0.717, 1.165) is 12.1 Å². The van der Waals surface area contributed by atoms with Crippen LogP contribution in [0.3, 0.4) is 0 Å². The highest BCUT2D eigenvalue weighted by Crippen LogP contribution is 2.33. The molecule has 0 spiro atoms. The van der Waals surface area contributed by atoms with E-state index in [1.54, 1.807) is 0 Å². The molecule has 0 bridgehead atoms. The molecule has 0 atom stereocenters. The minimum Gasteiger partial charge on any atom is -0.246 e. The molecule has 0 saturated heterocycles. The lowest BCUT2D eigenvalue weighted by Crippen LogP contribution is -2.08. The van der Waals surface area contributed by atoms with Gasteiger partial charge in [-0.05, 0) is 17.7 Å². The second kappa shape index (κ2) is 3.54. The standard InChI is InChI=1S/C8H5ClF4/c9-6-2-1-5(4-10)7(3-6)8(11,12)13/h1-3H,4H2. The van der Waals surface area contributed by atoms with Crippen LogP contribution in [0.2, 0.25) is 5.02 Å². The average molecular weight is 213 g/mol. The van der Waals surface area contributed by atoms with Gasteiger partial charge in [0.05, 0.1) is 5.56 Å². The van der Waals surface area contributed by atoms with Crippen LogP contribution in [0, 0.1) is 0 Å². The van der Waals surface area contributed by atoms with Crippen molar-refractivity contribution in [3.05, 3.63) is 34.3 Å². The first-order valence-corrected chi connectivity index (χ1v) is 3.74. The lowest BCUT2D eigenvalue weighted by Gasteiger charge is -2.10. The van der Waals surface area contributed by atoms with Crippen molar-refractivity contribution in [2.24, 2.45) is 0 Å². The Morgan fingerprint density at radius 3 is 2.31 bits per heavy atom. The number of hydrogen-bond donors (Lipinski definition) is 0. The zero-order valence-corrected chi connectivity index (χ0v) is 7.08. The van der Waals surface area contributed by atoms with Crippen molar-refractivity contribution in [1.29, 1.82) is 0 Å². The summed E-state index contributed by atoms with van der Waals surface area (Å²) in [6, 6.07) is 2.98. The van der Waals surface area contributed by atoms with Gasteiger partial charge in [0.2, 0.25) is 0 Å². The fraction of sp³-hybridized carbons (Fsp3) is 0.250. The van der Waals surface area contributed by atoms with Crippen molar-refractivity contribution in [1.82, 2.24) is 0 Å². The van der Waals surface area contributed by atoms with E-state index < -0.39 is 24.0 Å². The van der Waals surface area contributed by atoms with Crippen molar-refractivity contribution in [3.63, 3.8) is 0 Å². The maximum absolute atomic E-state index is 12.2. The van der Waals surface area contributed by atoms with Crippen molar-refractivity contribution in [3.8, 4) is 0 Å². The Morgan fingerprint density at radius 1 is 1.23 bits per heavy atom. The molecule has 5 heteroatoms. The van der Waals surface area contributed by atoms with E-state index in [2.05, 4.69) is 0 Å². The van der Waals surface area contributed by atoms with Crippen LogP contribution in [-0.4, -0.2) is 0 Å². The lowest BCUT2D eigenvalue weighted by molar-refractivity contribution is -0.138. The summed E-state index contributed by atoms with van der Waals surface area (Å²) in [6.07, 6.45) is -4.55. The van der Waals surface area contributed by atoms with Gasteiger partial charge in [-0.25, -0.2) is 4.39 Å². The van der Waals surface area contributed by atoms with Gasteiger partial charge in [-0.3, -0.25) is 0 Å². The van der Waals surface area contributed by atoms with Crippen LogP contribution in [0.1, 0.15) is 11.1 Å². The normalized spacial score (nSPS) is 11.8. The van der Waals surface area contributed by atoms with Crippen molar-refractivity contribution in [2.75, 3.05) is 0 Å². The smallest absolute Gasteiger partial charge is 0.246 e. The summed E-state index contributed by atoms with van der Waals surface area (Å²) in [4.78, 5) is 0. The van der Waals surface area contributed by atoms with Gasteiger partial charge in [0.25, 0.3) is 0 Å². The Balaban J connectivity index is 3.24. The molecule has 1 rings (SSSR count). The number of halogens is 5. The summed E-state index contributed by atoms with van der Waals surface area (Å²) >= 11 is 5.36. The third-order valence-corrected chi connectivity index (χ3v) is 1.76. The van der Waals surface area contributed by atoms with Gasteiger partial charge in [-0.1, -0.05) is 17.7 Å². The molecule has 1 aromatic rings. The van der Waals surface area contributed by atoms with Crippen molar-refractivity contribution in [2.45, 2.75) is 12.9 Å². The van der Waals surface area contributed by atoms with E-state index in [4.69, 9.17) is 11.6 Å². The molecular formula is C8H5ClF4. The molecule has 0 nitrogen and oxygen atoms in total. The van der Waals surface area contributed by atoms with Gasteiger partial charge in [-0.2, -0.15) is 13.2 Å². The van der Waals surface area contributed by atoms with E-state index in [1.807, 2.05) is 0 Å². The Bertz CT molecular complexity index is 306. The zero-order valence-electron chi connectivity index (χ0n) is 6.33. The third-order valence-electron chi connectivity index (χ3n) is 1.52. The van der Waals surface area contributed by atoms with Gasteiger partial charge in [0.1, 0.15) is 6.67 Å². The monoisotopic (exact) mass is 212 g/mol. The Labute approximate surface area is 77.1 Å². The fourth-order valence-corrected chi connectivity index (χ4v) is 1.10. The summed E-state index contributed by atoms with van der Waals surface area (Å²) in [5, 5.41) is -0.0514. The van der Waals surface area contributed by atoms with Gasteiger partial charge in [0, 0.05) is 5.02 Å². The summed E-state index contributed by atoms with van der Waals surface area (Å²) in [5.74, 6) is 0. The molecule has 1 aromatic carbocycles. The Kier molecular flexibility index (Phi) is 2.81. The molecule has 13 heavy (non-hydrogen) atoms. The van der Waals surface area contributed by atoms with Crippen LogP contribution in [0.5, 0.6) is 0 Å².